The molecule has 25 heavy (non-hydrogen) atoms. The third-order valence-corrected chi connectivity index (χ3v) is 5.19. The molecule has 2 fully saturated rings. The van der Waals surface area contributed by atoms with Crippen molar-refractivity contribution in [2.75, 3.05) is 13.1 Å². The summed E-state index contributed by atoms with van der Waals surface area (Å²) >= 11 is 0. The summed E-state index contributed by atoms with van der Waals surface area (Å²) < 4.78 is 38.5. The Labute approximate surface area is 145 Å². The van der Waals surface area contributed by atoms with Crippen LogP contribution in [0.15, 0.2) is 24.3 Å². The smallest absolute Gasteiger partial charge is 0.376 e. The van der Waals surface area contributed by atoms with Gasteiger partial charge >= 0.3 is 6.18 Å². The molecule has 1 atom stereocenters. The molecule has 0 aromatic heterocycles. The summed E-state index contributed by atoms with van der Waals surface area (Å²) in [5, 5.41) is 12.6. The number of aliphatic hydroxyl groups is 1. The number of piperidine rings is 1. The number of alkyl halides is 3. The molecule has 3 rings (SSSR count). The zero-order valence-corrected chi connectivity index (χ0v) is 14.1. The molecule has 1 aromatic carbocycles. The fourth-order valence-corrected chi connectivity index (χ4v) is 3.23. The molecule has 1 unspecified atom stereocenters. The van der Waals surface area contributed by atoms with Crippen LogP contribution >= 0.6 is 0 Å². The normalized spacial score (nSPS) is 22.4. The van der Waals surface area contributed by atoms with Crippen molar-refractivity contribution in [1.82, 2.24) is 10.2 Å². The molecule has 1 aliphatic carbocycles. The van der Waals surface area contributed by atoms with Gasteiger partial charge in [0.25, 0.3) is 5.91 Å². The Morgan fingerprint density at radius 1 is 1.12 bits per heavy atom. The molecule has 1 aliphatic heterocycles. The largest absolute Gasteiger partial charge is 0.421 e. The van der Waals surface area contributed by atoms with Gasteiger partial charge in [-0.05, 0) is 50.3 Å². The van der Waals surface area contributed by atoms with Crippen LogP contribution in [-0.2, 0) is 5.60 Å². The maximum Gasteiger partial charge on any atom is 0.421 e. The van der Waals surface area contributed by atoms with E-state index in [1.807, 2.05) is 0 Å². The Hall–Kier alpha value is -1.60. The number of nitrogens with zero attached hydrogens (tertiary/aromatic N) is 1. The minimum absolute atomic E-state index is 0.0976. The van der Waals surface area contributed by atoms with Crippen molar-refractivity contribution in [3.05, 3.63) is 35.4 Å². The second kappa shape index (κ2) is 6.61. The molecular weight excluding hydrogens is 333 g/mol. The molecule has 7 heteroatoms. The van der Waals surface area contributed by atoms with Crippen LogP contribution < -0.4 is 5.32 Å². The number of halogens is 3. The molecule has 1 saturated heterocycles. The van der Waals surface area contributed by atoms with Crippen molar-refractivity contribution >= 4 is 5.91 Å². The molecule has 1 heterocycles. The quantitative estimate of drug-likeness (QED) is 0.872. The monoisotopic (exact) mass is 356 g/mol. The van der Waals surface area contributed by atoms with Crippen LogP contribution in [0, 0.1) is 0 Å². The van der Waals surface area contributed by atoms with E-state index in [0.29, 0.717) is 12.5 Å². The highest BCUT2D eigenvalue weighted by molar-refractivity contribution is 5.94. The van der Waals surface area contributed by atoms with Gasteiger partial charge in [0.15, 0.2) is 5.60 Å². The zero-order valence-electron chi connectivity index (χ0n) is 14.1. The van der Waals surface area contributed by atoms with E-state index in [0.717, 1.165) is 44.1 Å². The second-order valence-corrected chi connectivity index (χ2v) is 7.16. The molecule has 0 bridgehead atoms. The number of carbonyl (C=O) groups is 1. The van der Waals surface area contributed by atoms with Crippen LogP contribution in [0.2, 0.25) is 0 Å². The van der Waals surface area contributed by atoms with E-state index in [1.54, 1.807) is 0 Å². The van der Waals surface area contributed by atoms with Gasteiger partial charge in [-0.25, -0.2) is 0 Å². The standard InChI is InChI=1S/C18H23F3N2O2/c1-17(25,18(19,20)21)13-4-2-12(3-5-13)16(24)22-14-8-10-23(11-9-14)15-6-7-15/h2-5,14-15,25H,6-11H2,1H3,(H,22,24). The fraction of sp³-hybridized carbons (Fsp3) is 0.611. The number of likely N-dealkylation sites (tertiary alicyclic amines) is 1. The molecule has 2 N–H and O–H groups in total. The van der Waals surface area contributed by atoms with Crippen molar-refractivity contribution in [2.24, 2.45) is 0 Å². The SMILES string of the molecule is CC(O)(c1ccc(C(=O)NC2CCN(C3CC3)CC2)cc1)C(F)(F)F. The van der Waals surface area contributed by atoms with Gasteiger partial charge in [0.05, 0.1) is 0 Å². The van der Waals surface area contributed by atoms with Crippen LogP contribution in [0.3, 0.4) is 0 Å². The lowest BCUT2D eigenvalue weighted by Crippen LogP contribution is -2.45. The van der Waals surface area contributed by atoms with E-state index >= 15 is 0 Å². The molecule has 0 spiro atoms. The summed E-state index contributed by atoms with van der Waals surface area (Å²) in [6.07, 6.45) is -0.450. The highest BCUT2D eigenvalue weighted by Crippen LogP contribution is 2.38. The topological polar surface area (TPSA) is 52.6 Å². The molecule has 138 valence electrons. The molecule has 1 amide bonds. The Kier molecular flexibility index (Phi) is 4.81. The maximum absolute atomic E-state index is 12.8. The van der Waals surface area contributed by atoms with Crippen molar-refractivity contribution in [1.29, 1.82) is 0 Å². The van der Waals surface area contributed by atoms with Gasteiger partial charge in [0.1, 0.15) is 0 Å². The second-order valence-electron chi connectivity index (χ2n) is 7.16. The van der Waals surface area contributed by atoms with E-state index in [2.05, 4.69) is 10.2 Å². The fourth-order valence-electron chi connectivity index (χ4n) is 3.23. The molecule has 0 radical (unpaired) electrons. The first kappa shape index (κ1) is 18.2. The summed E-state index contributed by atoms with van der Waals surface area (Å²) in [6, 6.07) is 5.77. The number of rotatable bonds is 4. The third-order valence-electron chi connectivity index (χ3n) is 5.19. The number of amides is 1. The summed E-state index contributed by atoms with van der Waals surface area (Å²) in [6.45, 7) is 2.65. The predicted molar refractivity (Wildman–Crippen MR) is 87.2 cm³/mol. The molecule has 4 nitrogen and oxygen atoms in total. The summed E-state index contributed by atoms with van der Waals surface area (Å²) in [5.74, 6) is -0.289. The highest BCUT2D eigenvalue weighted by Gasteiger charge is 2.51. The van der Waals surface area contributed by atoms with E-state index in [4.69, 9.17) is 0 Å². The lowest BCUT2D eigenvalue weighted by Gasteiger charge is -2.32. The summed E-state index contributed by atoms with van der Waals surface area (Å²) in [4.78, 5) is 14.7. The number of benzene rings is 1. The minimum atomic E-state index is -4.77. The molecule has 1 saturated carbocycles. The van der Waals surface area contributed by atoms with Crippen molar-refractivity contribution < 1.29 is 23.1 Å². The van der Waals surface area contributed by atoms with Gasteiger partial charge in [-0.15, -0.1) is 0 Å². The Bertz CT molecular complexity index is 616. The van der Waals surface area contributed by atoms with Crippen LogP contribution in [0.25, 0.3) is 0 Å². The number of nitrogens with one attached hydrogen (secondary N) is 1. The third kappa shape index (κ3) is 3.98. The van der Waals surface area contributed by atoms with Gasteiger partial charge in [-0.2, -0.15) is 13.2 Å². The first-order valence-electron chi connectivity index (χ1n) is 8.63. The first-order valence-corrected chi connectivity index (χ1v) is 8.63. The molecular formula is C18H23F3N2O2. The average Bonchev–Trinajstić information content (AvgIpc) is 3.39. The van der Waals surface area contributed by atoms with Gasteiger partial charge in [-0.3, -0.25) is 4.79 Å². The van der Waals surface area contributed by atoms with Crippen LogP contribution in [0.4, 0.5) is 13.2 Å². The number of carbonyl (C=O) groups excluding carboxylic acids is 1. The molecule has 2 aliphatic rings. The van der Waals surface area contributed by atoms with Crippen LogP contribution in [0.1, 0.15) is 48.5 Å². The van der Waals surface area contributed by atoms with Crippen LogP contribution in [0.5, 0.6) is 0 Å². The first-order chi connectivity index (χ1) is 11.7. The summed E-state index contributed by atoms with van der Waals surface area (Å²) in [5.41, 5.74) is -2.92. The average molecular weight is 356 g/mol. The lowest BCUT2D eigenvalue weighted by molar-refractivity contribution is -0.258. The van der Waals surface area contributed by atoms with Gasteiger partial charge in [-0.1, -0.05) is 12.1 Å². The number of hydrogen-bond donors (Lipinski definition) is 2. The van der Waals surface area contributed by atoms with Crippen LogP contribution in [-0.4, -0.2) is 47.3 Å². The van der Waals surface area contributed by atoms with E-state index in [9.17, 15) is 23.1 Å². The zero-order chi connectivity index (χ0) is 18.2. The van der Waals surface area contributed by atoms with Gasteiger partial charge < -0.3 is 15.3 Å². The Balaban J connectivity index is 1.58. The Morgan fingerprint density at radius 3 is 2.16 bits per heavy atom. The van der Waals surface area contributed by atoms with Crippen molar-refractivity contribution in [2.45, 2.75) is 56.5 Å². The minimum Gasteiger partial charge on any atom is -0.376 e. The lowest BCUT2D eigenvalue weighted by atomic mass is 9.94. The van der Waals surface area contributed by atoms with E-state index in [-0.39, 0.29) is 17.5 Å². The van der Waals surface area contributed by atoms with Crippen molar-refractivity contribution in [3.8, 4) is 0 Å². The number of hydrogen-bond acceptors (Lipinski definition) is 3. The maximum atomic E-state index is 12.8. The summed E-state index contributed by atoms with van der Waals surface area (Å²) in [7, 11) is 0. The van der Waals surface area contributed by atoms with Gasteiger partial charge in [0.2, 0.25) is 0 Å². The molecule has 1 aromatic rings. The van der Waals surface area contributed by atoms with Gasteiger partial charge in [0, 0.05) is 30.7 Å². The van der Waals surface area contributed by atoms with E-state index < -0.39 is 11.8 Å². The van der Waals surface area contributed by atoms with Crippen molar-refractivity contribution in [3.63, 3.8) is 0 Å². The van der Waals surface area contributed by atoms with E-state index in [1.165, 1.54) is 25.0 Å². The predicted octanol–water partition coefficient (Wildman–Crippen LogP) is 2.81. The highest BCUT2D eigenvalue weighted by atomic mass is 19.4. The Morgan fingerprint density at radius 2 is 1.68 bits per heavy atom.